The molecule has 1 aliphatic rings. The van der Waals surface area contributed by atoms with Gasteiger partial charge in [-0.2, -0.15) is 0 Å². The molecule has 0 bridgehead atoms. The Hall–Kier alpha value is -2.22. The van der Waals surface area contributed by atoms with Crippen LogP contribution in [0.15, 0.2) is 87.8 Å². The molecule has 2 heterocycles. The first kappa shape index (κ1) is 19.1. The summed E-state index contributed by atoms with van der Waals surface area (Å²) < 4.78 is 0. The Bertz CT molecular complexity index is 804. The first-order valence-corrected chi connectivity index (χ1v) is 8.61. The monoisotopic (exact) mass is 415 g/mol. The predicted molar refractivity (Wildman–Crippen MR) is 96.4 cm³/mol. The summed E-state index contributed by atoms with van der Waals surface area (Å²) in [5.74, 6) is 0.830. The average molecular weight is 416 g/mol. The number of nitrogens with zero attached hydrogens (tertiary/aromatic N) is 4. The fourth-order valence-electron chi connectivity index (χ4n) is 2.22. The van der Waals surface area contributed by atoms with Gasteiger partial charge in [-0.1, -0.05) is 48.4 Å². The normalized spacial score (nSPS) is 14.9. The van der Waals surface area contributed by atoms with Crippen molar-refractivity contribution in [1.29, 1.82) is 0 Å². The van der Waals surface area contributed by atoms with E-state index in [4.69, 9.17) is 0 Å². The number of nitrogens with one attached hydrogen (secondary N) is 1. The molecule has 5 nitrogen and oxygen atoms in total. The number of hydrogen-bond donors (Lipinski definition) is 1. The van der Waals surface area contributed by atoms with Crippen molar-refractivity contribution >= 4 is 22.9 Å². The zero-order chi connectivity index (χ0) is 16.6. The first-order valence-electron chi connectivity index (χ1n) is 7.73. The molecule has 1 aliphatic heterocycles. The van der Waals surface area contributed by atoms with Gasteiger partial charge in [-0.25, -0.2) is 4.98 Å². The zero-order valence-electron chi connectivity index (χ0n) is 13.7. The van der Waals surface area contributed by atoms with Crippen LogP contribution in [0.25, 0.3) is 0 Å². The maximum atomic E-state index is 4.10. The fraction of sp³-hybridized carbons (Fsp3) is 0.111. The van der Waals surface area contributed by atoms with E-state index in [1.807, 2.05) is 72.2 Å². The quantitative estimate of drug-likeness (QED) is 0.670. The molecule has 2 aromatic carbocycles. The predicted octanol–water partition coefficient (Wildman–Crippen LogP) is 0.655. The molecule has 1 unspecified atom stereocenters. The fourth-order valence-corrected chi connectivity index (χ4v) is 2.78. The van der Waals surface area contributed by atoms with Crippen LogP contribution in [0.3, 0.4) is 0 Å². The molecule has 128 valence electrons. The number of amidine groups is 1. The van der Waals surface area contributed by atoms with Crippen molar-refractivity contribution in [3.8, 4) is 0 Å². The van der Waals surface area contributed by atoms with Crippen molar-refractivity contribution in [2.45, 2.75) is 13.3 Å². The second kappa shape index (κ2) is 9.93. The highest BCUT2D eigenvalue weighted by Crippen LogP contribution is 2.06. The molecule has 0 fully saturated rings. The van der Waals surface area contributed by atoms with Crippen molar-refractivity contribution in [3.05, 3.63) is 82.8 Å². The summed E-state index contributed by atoms with van der Waals surface area (Å²) in [7, 11) is 0. The lowest BCUT2D eigenvalue weighted by Gasteiger charge is -2.07. The molecule has 0 spiro atoms. The lowest BCUT2D eigenvalue weighted by molar-refractivity contribution is -0.739. The maximum absolute atomic E-state index is 4.10. The first-order chi connectivity index (χ1) is 11.9. The zero-order valence-corrected chi connectivity index (χ0v) is 16.1. The van der Waals surface area contributed by atoms with Gasteiger partial charge in [-0.05, 0) is 18.6 Å². The van der Waals surface area contributed by atoms with Gasteiger partial charge in [-0.3, -0.25) is 0 Å². The standard InChI is InChI=1S/C13H10N4.C5H7NS.BrH/c1-3-7-11(8-4-1)13-14-15-16-17(13)12-9-5-2-6-10-12;1-2-5-6-3-4-7-5;/h1-10H;3-4H,2H2,1H3;1H. The van der Waals surface area contributed by atoms with E-state index in [9.17, 15) is 0 Å². The van der Waals surface area contributed by atoms with E-state index < -0.39 is 0 Å². The van der Waals surface area contributed by atoms with E-state index in [0.717, 1.165) is 28.5 Å². The van der Waals surface area contributed by atoms with Crippen molar-refractivity contribution in [2.24, 2.45) is 15.5 Å². The number of benzene rings is 2. The van der Waals surface area contributed by atoms with Gasteiger partial charge in [0, 0.05) is 28.9 Å². The summed E-state index contributed by atoms with van der Waals surface area (Å²) in [6.45, 7) is 2.11. The van der Waals surface area contributed by atoms with Gasteiger partial charge in [0.1, 0.15) is 0 Å². The number of para-hydroxylation sites is 1. The van der Waals surface area contributed by atoms with Crippen LogP contribution in [0.1, 0.15) is 17.5 Å². The number of hydrogen-bond acceptors (Lipinski definition) is 5. The van der Waals surface area contributed by atoms with Crippen LogP contribution in [0.2, 0.25) is 0 Å². The third-order valence-corrected chi connectivity index (χ3v) is 4.32. The second-order valence-corrected chi connectivity index (χ2v) is 5.98. The molecule has 0 amide bonds. The number of thiazole rings is 1. The molecule has 1 atom stereocenters. The number of halogens is 1. The number of quaternary nitrogens is 1. The van der Waals surface area contributed by atoms with E-state index in [-0.39, 0.29) is 17.0 Å². The molecule has 0 radical (unpaired) electrons. The van der Waals surface area contributed by atoms with Crippen LogP contribution in [-0.2, 0) is 6.42 Å². The Labute approximate surface area is 161 Å². The molecule has 1 N–H and O–H groups in total. The number of aromatic nitrogens is 1. The van der Waals surface area contributed by atoms with Crippen molar-refractivity contribution < 1.29 is 22.0 Å². The molecule has 0 saturated carbocycles. The summed E-state index contributed by atoms with van der Waals surface area (Å²) in [6, 6.07) is 20.0. The van der Waals surface area contributed by atoms with Crippen LogP contribution in [0.4, 0.5) is 5.69 Å². The Morgan fingerprint density at radius 1 is 0.960 bits per heavy atom. The molecule has 3 aromatic rings. The van der Waals surface area contributed by atoms with E-state index in [2.05, 4.69) is 27.5 Å². The molecule has 1 aromatic heterocycles. The summed E-state index contributed by atoms with van der Waals surface area (Å²) >= 11 is 1.71. The van der Waals surface area contributed by atoms with Gasteiger partial charge in [0.15, 0.2) is 5.69 Å². The molecule has 25 heavy (non-hydrogen) atoms. The van der Waals surface area contributed by atoms with E-state index in [0.29, 0.717) is 0 Å². The van der Waals surface area contributed by atoms with Gasteiger partial charge < -0.3 is 17.0 Å². The largest absolute Gasteiger partial charge is 1.00 e. The Morgan fingerprint density at radius 3 is 2.20 bits per heavy atom. The summed E-state index contributed by atoms with van der Waals surface area (Å²) in [4.78, 5) is 4.05. The van der Waals surface area contributed by atoms with Crippen molar-refractivity contribution in [2.75, 3.05) is 0 Å². The minimum absolute atomic E-state index is 0. The summed E-state index contributed by atoms with van der Waals surface area (Å²) in [5.41, 5.74) is 2.08. The second-order valence-electron chi connectivity index (χ2n) is 5.00. The number of rotatable bonds is 3. The highest BCUT2D eigenvalue weighted by Gasteiger charge is 2.26. The molecule has 4 rings (SSSR count). The molecular formula is C18H18BrN5S. The van der Waals surface area contributed by atoms with Crippen LogP contribution in [0.5, 0.6) is 0 Å². The Balaban J connectivity index is 0.000000240. The van der Waals surface area contributed by atoms with Crippen molar-refractivity contribution in [1.82, 2.24) is 4.98 Å². The topological polar surface area (TPSA) is 54.4 Å². The molecule has 7 heteroatoms. The molecular weight excluding hydrogens is 398 g/mol. The van der Waals surface area contributed by atoms with Crippen LogP contribution < -0.4 is 22.0 Å². The smallest absolute Gasteiger partial charge is 0.287 e. The Morgan fingerprint density at radius 2 is 1.64 bits per heavy atom. The third-order valence-electron chi connectivity index (χ3n) is 3.39. The molecule has 0 aliphatic carbocycles. The van der Waals surface area contributed by atoms with Gasteiger partial charge in [0.05, 0.1) is 15.8 Å². The van der Waals surface area contributed by atoms with Crippen molar-refractivity contribution in [3.63, 3.8) is 0 Å². The van der Waals surface area contributed by atoms with Crippen LogP contribution in [0, 0.1) is 0 Å². The van der Waals surface area contributed by atoms with Gasteiger partial charge >= 0.3 is 0 Å². The lowest BCUT2D eigenvalue weighted by atomic mass is 10.2. The van der Waals surface area contributed by atoms with E-state index >= 15 is 0 Å². The van der Waals surface area contributed by atoms with Crippen LogP contribution >= 0.6 is 11.3 Å². The van der Waals surface area contributed by atoms with Gasteiger partial charge in [-0.15, -0.1) is 16.3 Å². The average Bonchev–Trinajstić information content (AvgIpc) is 3.35. The molecule has 0 saturated heterocycles. The minimum atomic E-state index is 0. The van der Waals surface area contributed by atoms with Gasteiger partial charge in [0.2, 0.25) is 0 Å². The van der Waals surface area contributed by atoms with Crippen LogP contribution in [-0.4, -0.2) is 10.8 Å². The van der Waals surface area contributed by atoms with E-state index in [1.54, 1.807) is 11.3 Å². The lowest BCUT2D eigenvalue weighted by Crippen LogP contribution is -3.04. The number of aryl methyl sites for hydroxylation is 1. The maximum Gasteiger partial charge on any atom is 0.287 e. The highest BCUT2D eigenvalue weighted by atomic mass is 79.9. The Kier molecular flexibility index (Phi) is 7.59. The van der Waals surface area contributed by atoms with E-state index in [1.165, 1.54) is 5.01 Å². The minimum Gasteiger partial charge on any atom is -1.00 e. The third kappa shape index (κ3) is 5.12. The highest BCUT2D eigenvalue weighted by molar-refractivity contribution is 7.09. The summed E-state index contributed by atoms with van der Waals surface area (Å²) in [5, 5.41) is 16.0. The summed E-state index contributed by atoms with van der Waals surface area (Å²) in [6.07, 6.45) is 2.90. The van der Waals surface area contributed by atoms with Gasteiger partial charge in [0.25, 0.3) is 5.84 Å². The SMILES string of the molecule is CCc1nccs1.[Br-].c1ccc(C2=NN=N[NH+]2c2ccccc2)cc1.